The van der Waals surface area contributed by atoms with Gasteiger partial charge in [-0.1, -0.05) is 42.2 Å². The second-order valence-corrected chi connectivity index (χ2v) is 9.28. The fraction of sp³-hybridized carbons (Fsp3) is 0.133. The number of rotatable bonds is 4. The number of hydrogen-bond acceptors (Lipinski definition) is 5. The van der Waals surface area contributed by atoms with E-state index in [-0.39, 0.29) is 11.5 Å². The fourth-order valence-electron chi connectivity index (χ4n) is 4.75. The summed E-state index contributed by atoms with van der Waals surface area (Å²) < 4.78 is 4.97. The molecule has 0 fully saturated rings. The lowest BCUT2D eigenvalue weighted by Crippen LogP contribution is -2.32. The highest BCUT2D eigenvalue weighted by molar-refractivity contribution is 5.99. The summed E-state index contributed by atoms with van der Waals surface area (Å²) in [6.45, 7) is 2.49. The van der Waals surface area contributed by atoms with E-state index in [1.165, 1.54) is 6.20 Å². The number of carbonyl (C=O) groups is 1. The number of nitrogens with zero attached hydrogens (tertiary/aromatic N) is 5. The molecule has 2 aromatic carbocycles. The molecular formula is C30H25N7O2. The third-order valence-corrected chi connectivity index (χ3v) is 6.60. The number of fused-ring (bicyclic) bond motifs is 2. The molecule has 0 spiro atoms. The monoisotopic (exact) mass is 515 g/mol. The number of benzene rings is 2. The Morgan fingerprint density at radius 1 is 1.08 bits per heavy atom. The van der Waals surface area contributed by atoms with Crippen molar-refractivity contribution in [2.24, 2.45) is 7.05 Å². The summed E-state index contributed by atoms with van der Waals surface area (Å²) in [5.74, 6) is 6.62. The van der Waals surface area contributed by atoms with E-state index in [1.807, 2.05) is 87.0 Å². The standard InChI is InChI=1S/C30H25N7O2/c1-20(34-29(38)25-18-33-36-15-7-14-31-28(25)36)26-16-23-9-6-8-22(13-12-21-17-32-35(2)19-21)27(23)30(39)37(26)24-10-4-3-5-11-24/h3-11,15-20,31H,14H2,1-2H3,(H,34,38). The summed E-state index contributed by atoms with van der Waals surface area (Å²) >= 11 is 0. The van der Waals surface area contributed by atoms with Crippen LogP contribution in [0.25, 0.3) is 22.7 Å². The van der Waals surface area contributed by atoms with Gasteiger partial charge >= 0.3 is 0 Å². The summed E-state index contributed by atoms with van der Waals surface area (Å²) in [5, 5.41) is 15.9. The highest BCUT2D eigenvalue weighted by Crippen LogP contribution is 2.25. The number of para-hydroxylation sites is 1. The van der Waals surface area contributed by atoms with Crippen molar-refractivity contribution in [3.63, 3.8) is 0 Å². The highest BCUT2D eigenvalue weighted by Gasteiger charge is 2.23. The summed E-state index contributed by atoms with van der Waals surface area (Å²) in [7, 11) is 1.83. The fourth-order valence-corrected chi connectivity index (χ4v) is 4.75. The number of anilines is 1. The summed E-state index contributed by atoms with van der Waals surface area (Å²) in [6, 6.07) is 16.5. The molecule has 0 bridgehead atoms. The third kappa shape index (κ3) is 4.49. The summed E-state index contributed by atoms with van der Waals surface area (Å²) in [6.07, 6.45) is 8.79. The second-order valence-electron chi connectivity index (χ2n) is 9.28. The highest BCUT2D eigenvalue weighted by atomic mass is 16.2. The molecule has 5 aromatic rings. The maximum absolute atomic E-state index is 14.1. The normalized spacial score (nSPS) is 12.8. The lowest BCUT2D eigenvalue weighted by Gasteiger charge is -2.21. The maximum Gasteiger partial charge on any atom is 0.264 e. The Hall–Kier alpha value is -5.36. The largest absolute Gasteiger partial charge is 0.366 e. The number of nitrogens with one attached hydrogen (secondary N) is 2. The van der Waals surface area contributed by atoms with E-state index in [2.05, 4.69) is 32.7 Å². The van der Waals surface area contributed by atoms with Crippen molar-refractivity contribution in [3.8, 4) is 17.5 Å². The van der Waals surface area contributed by atoms with Gasteiger partial charge in [0, 0.05) is 42.9 Å². The van der Waals surface area contributed by atoms with Crippen molar-refractivity contribution >= 4 is 28.7 Å². The molecule has 9 heteroatoms. The molecule has 0 saturated heterocycles. The molecule has 192 valence electrons. The molecule has 1 unspecified atom stereocenters. The van der Waals surface area contributed by atoms with E-state index < -0.39 is 6.04 Å². The van der Waals surface area contributed by atoms with Gasteiger partial charge in [0.2, 0.25) is 0 Å². The molecular weight excluding hydrogens is 490 g/mol. The van der Waals surface area contributed by atoms with E-state index in [4.69, 9.17) is 0 Å². The van der Waals surface area contributed by atoms with E-state index in [0.717, 1.165) is 10.9 Å². The lowest BCUT2D eigenvalue weighted by molar-refractivity contribution is 0.0939. The van der Waals surface area contributed by atoms with Crippen molar-refractivity contribution in [1.29, 1.82) is 0 Å². The number of aryl methyl sites for hydroxylation is 1. The van der Waals surface area contributed by atoms with Crippen LogP contribution in [0.4, 0.5) is 5.82 Å². The van der Waals surface area contributed by atoms with Crippen LogP contribution in [-0.4, -0.2) is 36.6 Å². The Balaban J connectivity index is 1.45. The van der Waals surface area contributed by atoms with Crippen molar-refractivity contribution in [3.05, 3.63) is 112 Å². The molecule has 2 N–H and O–H groups in total. The van der Waals surface area contributed by atoms with Gasteiger partial charge in [-0.3, -0.25) is 18.8 Å². The summed E-state index contributed by atoms with van der Waals surface area (Å²) in [4.78, 5) is 27.4. The van der Waals surface area contributed by atoms with Gasteiger partial charge < -0.3 is 10.6 Å². The predicted molar refractivity (Wildman–Crippen MR) is 151 cm³/mol. The van der Waals surface area contributed by atoms with E-state index >= 15 is 0 Å². The first-order chi connectivity index (χ1) is 19.0. The first-order valence-electron chi connectivity index (χ1n) is 12.5. The number of amides is 1. The van der Waals surface area contributed by atoms with Crippen LogP contribution in [-0.2, 0) is 7.05 Å². The van der Waals surface area contributed by atoms with Crippen LogP contribution >= 0.6 is 0 Å². The van der Waals surface area contributed by atoms with E-state index in [1.54, 1.807) is 20.1 Å². The number of hydrogen-bond donors (Lipinski definition) is 2. The molecule has 1 aliphatic heterocycles. The van der Waals surface area contributed by atoms with Crippen LogP contribution < -0.4 is 16.2 Å². The molecule has 0 saturated carbocycles. The van der Waals surface area contributed by atoms with Crippen LogP contribution in [0.2, 0.25) is 0 Å². The molecule has 0 radical (unpaired) electrons. The average molecular weight is 516 g/mol. The van der Waals surface area contributed by atoms with E-state index in [9.17, 15) is 9.59 Å². The lowest BCUT2D eigenvalue weighted by atomic mass is 10.0. The molecule has 1 aliphatic rings. The quantitative estimate of drug-likeness (QED) is 0.356. The Morgan fingerprint density at radius 3 is 2.72 bits per heavy atom. The van der Waals surface area contributed by atoms with Gasteiger partial charge in [-0.2, -0.15) is 10.2 Å². The van der Waals surface area contributed by atoms with Crippen LogP contribution in [0.5, 0.6) is 0 Å². The minimum absolute atomic E-state index is 0.208. The van der Waals surface area contributed by atoms with Gasteiger partial charge in [0.05, 0.1) is 29.4 Å². The molecule has 3 aromatic heterocycles. The van der Waals surface area contributed by atoms with Gasteiger partial charge in [-0.25, -0.2) is 4.68 Å². The summed E-state index contributed by atoms with van der Waals surface area (Å²) in [5.41, 5.74) is 2.97. The van der Waals surface area contributed by atoms with Crippen molar-refractivity contribution in [2.75, 3.05) is 11.9 Å². The van der Waals surface area contributed by atoms with Gasteiger partial charge in [-0.15, -0.1) is 0 Å². The SMILES string of the molecule is CC(NC(=O)c1cnn2c1NCC=C2)c1cc2cccc(C#Cc3cnn(C)c3)c2c(=O)n1-c1ccccc1. The van der Waals surface area contributed by atoms with Gasteiger partial charge in [0.15, 0.2) is 0 Å². The zero-order valence-electron chi connectivity index (χ0n) is 21.4. The van der Waals surface area contributed by atoms with Crippen molar-refractivity contribution in [1.82, 2.24) is 29.4 Å². The number of pyridine rings is 1. The van der Waals surface area contributed by atoms with Gasteiger partial charge in [0.1, 0.15) is 11.4 Å². The zero-order chi connectivity index (χ0) is 26.9. The smallest absolute Gasteiger partial charge is 0.264 e. The zero-order valence-corrected chi connectivity index (χ0v) is 21.4. The van der Waals surface area contributed by atoms with Crippen LogP contribution in [0.15, 0.2) is 84.1 Å². The van der Waals surface area contributed by atoms with E-state index in [0.29, 0.717) is 40.3 Å². The molecule has 4 heterocycles. The molecule has 9 nitrogen and oxygen atoms in total. The van der Waals surface area contributed by atoms with Crippen molar-refractivity contribution in [2.45, 2.75) is 13.0 Å². The van der Waals surface area contributed by atoms with Crippen molar-refractivity contribution < 1.29 is 4.79 Å². The second kappa shape index (κ2) is 9.84. The Labute approximate surface area is 224 Å². The molecule has 0 aliphatic carbocycles. The molecule has 39 heavy (non-hydrogen) atoms. The molecule has 1 atom stereocenters. The van der Waals surface area contributed by atoms with Gasteiger partial charge in [0.25, 0.3) is 11.5 Å². The number of aromatic nitrogens is 5. The third-order valence-electron chi connectivity index (χ3n) is 6.60. The topological polar surface area (TPSA) is 98.8 Å². The molecule has 1 amide bonds. The predicted octanol–water partition coefficient (Wildman–Crippen LogP) is 3.71. The van der Waals surface area contributed by atoms with Gasteiger partial charge in [-0.05, 0) is 42.7 Å². The maximum atomic E-state index is 14.1. The minimum Gasteiger partial charge on any atom is -0.366 e. The Bertz CT molecular complexity index is 1870. The van der Waals surface area contributed by atoms with Crippen LogP contribution in [0.1, 0.15) is 40.1 Å². The minimum atomic E-state index is -0.491. The average Bonchev–Trinajstić information content (AvgIpc) is 3.58. The first-order valence-corrected chi connectivity index (χ1v) is 12.5. The number of carbonyl (C=O) groups excluding carboxylic acids is 1. The Morgan fingerprint density at radius 2 is 1.92 bits per heavy atom. The Kier molecular flexibility index (Phi) is 6.05. The molecule has 6 rings (SSSR count). The van der Waals surface area contributed by atoms with Crippen LogP contribution in [0.3, 0.4) is 0 Å². The first kappa shape index (κ1) is 24.0. The van der Waals surface area contributed by atoms with Crippen LogP contribution in [0, 0.1) is 11.8 Å².